The van der Waals surface area contributed by atoms with Crippen molar-refractivity contribution in [1.29, 1.82) is 0 Å². The molecule has 0 aliphatic carbocycles. The van der Waals surface area contributed by atoms with Crippen molar-refractivity contribution in [2.75, 3.05) is 17.7 Å². The average Bonchev–Trinajstić information content (AvgIpc) is 3.20. The summed E-state index contributed by atoms with van der Waals surface area (Å²) in [5.41, 5.74) is 3.96. The largest absolute Gasteiger partial charge is 0.496 e. The summed E-state index contributed by atoms with van der Waals surface area (Å²) >= 11 is 6.06. The number of halogens is 1. The Hall–Kier alpha value is -3.32. The number of anilines is 3. The van der Waals surface area contributed by atoms with Gasteiger partial charge in [-0.3, -0.25) is 5.10 Å². The van der Waals surface area contributed by atoms with Gasteiger partial charge < -0.3 is 15.4 Å². The molecular weight excluding hydrogens is 400 g/mol. The van der Waals surface area contributed by atoms with Crippen LogP contribution in [0.3, 0.4) is 0 Å². The van der Waals surface area contributed by atoms with Crippen molar-refractivity contribution in [2.45, 2.75) is 26.8 Å². The van der Waals surface area contributed by atoms with E-state index in [-0.39, 0.29) is 0 Å². The molecule has 0 saturated carbocycles. The fourth-order valence-corrected chi connectivity index (χ4v) is 3.45. The maximum Gasteiger partial charge on any atom is 0.225 e. The highest BCUT2D eigenvalue weighted by molar-refractivity contribution is 6.30. The first kappa shape index (κ1) is 20.0. The van der Waals surface area contributed by atoms with Gasteiger partial charge >= 0.3 is 0 Å². The molecule has 4 rings (SSSR count). The lowest BCUT2D eigenvalue weighted by Crippen LogP contribution is -2.07. The Morgan fingerprint density at radius 3 is 2.77 bits per heavy atom. The monoisotopic (exact) mass is 422 g/mol. The Kier molecular flexibility index (Phi) is 5.72. The average molecular weight is 423 g/mol. The van der Waals surface area contributed by atoms with E-state index in [2.05, 4.69) is 27.8 Å². The van der Waals surface area contributed by atoms with E-state index in [1.165, 1.54) is 0 Å². The minimum absolute atomic E-state index is 0.499. The SMILES string of the molecule is CCc1cc(Nc2nc(NCc3ccc(Cl)cc3OC)nc3cccc(C)c23)n[nH]1. The number of methoxy groups -OCH3 is 1. The van der Waals surface area contributed by atoms with Crippen LogP contribution in [0.4, 0.5) is 17.6 Å². The molecule has 0 aliphatic heterocycles. The van der Waals surface area contributed by atoms with Gasteiger partial charge in [0.25, 0.3) is 0 Å². The maximum absolute atomic E-state index is 6.06. The summed E-state index contributed by atoms with van der Waals surface area (Å²) in [5, 5.41) is 15.6. The minimum Gasteiger partial charge on any atom is -0.496 e. The molecule has 7 nitrogen and oxygen atoms in total. The summed E-state index contributed by atoms with van der Waals surface area (Å²) < 4.78 is 5.43. The number of aromatic amines is 1. The molecule has 0 saturated heterocycles. The van der Waals surface area contributed by atoms with Crippen molar-refractivity contribution in [3.8, 4) is 5.75 Å². The van der Waals surface area contributed by atoms with Gasteiger partial charge in [-0.2, -0.15) is 10.1 Å². The first-order chi connectivity index (χ1) is 14.6. The number of H-pyrrole nitrogens is 1. The van der Waals surface area contributed by atoms with Crippen molar-refractivity contribution in [3.63, 3.8) is 0 Å². The Labute approximate surface area is 179 Å². The van der Waals surface area contributed by atoms with Crippen molar-refractivity contribution in [2.24, 2.45) is 0 Å². The minimum atomic E-state index is 0.499. The predicted molar refractivity (Wildman–Crippen MR) is 121 cm³/mol. The summed E-state index contributed by atoms with van der Waals surface area (Å²) in [6.07, 6.45) is 0.883. The highest BCUT2D eigenvalue weighted by atomic mass is 35.5. The van der Waals surface area contributed by atoms with E-state index in [0.29, 0.717) is 29.1 Å². The van der Waals surface area contributed by atoms with Gasteiger partial charge in [0.15, 0.2) is 5.82 Å². The summed E-state index contributed by atoms with van der Waals surface area (Å²) in [6.45, 7) is 4.62. The zero-order valence-electron chi connectivity index (χ0n) is 17.1. The molecule has 0 amide bonds. The van der Waals surface area contributed by atoms with E-state index in [1.807, 2.05) is 43.3 Å². The number of ether oxygens (including phenoxy) is 1. The van der Waals surface area contributed by atoms with Gasteiger partial charge in [0.05, 0.1) is 12.6 Å². The molecule has 0 bridgehead atoms. The number of hydrogen-bond acceptors (Lipinski definition) is 6. The van der Waals surface area contributed by atoms with Crippen LogP contribution in [0.15, 0.2) is 42.5 Å². The Morgan fingerprint density at radius 1 is 1.13 bits per heavy atom. The molecule has 0 aliphatic rings. The van der Waals surface area contributed by atoms with Crippen molar-refractivity contribution >= 4 is 40.1 Å². The van der Waals surface area contributed by atoms with Crippen LogP contribution in [-0.4, -0.2) is 27.3 Å². The third kappa shape index (κ3) is 4.16. The van der Waals surface area contributed by atoms with Gasteiger partial charge in [-0.25, -0.2) is 4.98 Å². The molecule has 8 heteroatoms. The van der Waals surface area contributed by atoms with Gasteiger partial charge in [0.1, 0.15) is 11.6 Å². The van der Waals surface area contributed by atoms with Crippen LogP contribution in [0.1, 0.15) is 23.7 Å². The Balaban J connectivity index is 1.67. The molecule has 2 aromatic carbocycles. The van der Waals surface area contributed by atoms with Crippen LogP contribution in [0.2, 0.25) is 5.02 Å². The molecular formula is C22H23ClN6O. The van der Waals surface area contributed by atoms with Gasteiger partial charge in [-0.15, -0.1) is 0 Å². The van der Waals surface area contributed by atoms with Crippen LogP contribution in [0.5, 0.6) is 5.75 Å². The Bertz CT molecular complexity index is 1190. The molecule has 2 heterocycles. The normalized spacial score (nSPS) is 10.9. The van der Waals surface area contributed by atoms with Gasteiger partial charge in [0, 0.05) is 34.3 Å². The molecule has 0 spiro atoms. The number of aryl methyl sites for hydroxylation is 2. The fraction of sp³-hybridized carbons (Fsp3) is 0.227. The zero-order chi connectivity index (χ0) is 21.1. The molecule has 154 valence electrons. The fourth-order valence-electron chi connectivity index (χ4n) is 3.29. The number of fused-ring (bicyclic) bond motifs is 1. The van der Waals surface area contributed by atoms with E-state index in [4.69, 9.17) is 26.3 Å². The lowest BCUT2D eigenvalue weighted by molar-refractivity contribution is 0.410. The first-order valence-corrected chi connectivity index (χ1v) is 10.1. The number of aromatic nitrogens is 4. The molecule has 0 unspecified atom stereocenters. The van der Waals surface area contributed by atoms with Gasteiger partial charge in [-0.1, -0.05) is 36.7 Å². The number of rotatable bonds is 7. The Morgan fingerprint density at radius 2 is 2.00 bits per heavy atom. The number of hydrogen-bond donors (Lipinski definition) is 3. The van der Waals surface area contributed by atoms with Crippen LogP contribution in [-0.2, 0) is 13.0 Å². The molecule has 30 heavy (non-hydrogen) atoms. The van der Waals surface area contributed by atoms with Crippen LogP contribution >= 0.6 is 11.6 Å². The number of nitrogens with zero attached hydrogens (tertiary/aromatic N) is 3. The van der Waals surface area contributed by atoms with Gasteiger partial charge in [-0.05, 0) is 37.1 Å². The summed E-state index contributed by atoms with van der Waals surface area (Å²) in [7, 11) is 1.63. The lowest BCUT2D eigenvalue weighted by Gasteiger charge is -2.13. The predicted octanol–water partition coefficient (Wildman–Crippen LogP) is 5.24. The molecule has 2 aromatic heterocycles. The third-order valence-electron chi connectivity index (χ3n) is 4.88. The van der Waals surface area contributed by atoms with E-state index in [9.17, 15) is 0 Å². The summed E-state index contributed by atoms with van der Waals surface area (Å²) in [5.74, 6) is 2.66. The highest BCUT2D eigenvalue weighted by Crippen LogP contribution is 2.29. The molecule has 0 atom stereocenters. The maximum atomic E-state index is 6.06. The molecule has 0 fully saturated rings. The zero-order valence-corrected chi connectivity index (χ0v) is 17.8. The summed E-state index contributed by atoms with van der Waals surface area (Å²) in [6, 6.07) is 13.5. The second-order valence-corrected chi connectivity index (χ2v) is 7.37. The smallest absolute Gasteiger partial charge is 0.225 e. The standard InChI is InChI=1S/C22H23ClN6O/c1-4-16-11-19(29-28-16)26-21-20-13(2)6-5-7-17(20)25-22(27-21)24-12-14-8-9-15(23)10-18(14)30-3/h5-11H,4,12H2,1-3H3,(H3,24,25,26,27,28,29). The second-order valence-electron chi connectivity index (χ2n) is 6.93. The highest BCUT2D eigenvalue weighted by Gasteiger charge is 2.12. The van der Waals surface area contributed by atoms with E-state index >= 15 is 0 Å². The van der Waals surface area contributed by atoms with Crippen LogP contribution in [0.25, 0.3) is 10.9 Å². The lowest BCUT2D eigenvalue weighted by atomic mass is 10.1. The van der Waals surface area contributed by atoms with E-state index in [0.717, 1.165) is 40.0 Å². The van der Waals surface area contributed by atoms with Crippen molar-refractivity contribution in [1.82, 2.24) is 20.2 Å². The molecule has 0 radical (unpaired) electrons. The number of benzene rings is 2. The van der Waals surface area contributed by atoms with Crippen LogP contribution in [0, 0.1) is 6.92 Å². The van der Waals surface area contributed by atoms with Gasteiger partial charge in [0.2, 0.25) is 5.95 Å². The van der Waals surface area contributed by atoms with E-state index < -0.39 is 0 Å². The quantitative estimate of drug-likeness (QED) is 0.377. The van der Waals surface area contributed by atoms with Crippen molar-refractivity contribution in [3.05, 3.63) is 64.3 Å². The topological polar surface area (TPSA) is 87.8 Å². The second kappa shape index (κ2) is 8.59. The van der Waals surface area contributed by atoms with E-state index in [1.54, 1.807) is 13.2 Å². The number of nitrogens with one attached hydrogen (secondary N) is 3. The molecule has 3 N–H and O–H groups in total. The summed E-state index contributed by atoms with van der Waals surface area (Å²) in [4.78, 5) is 9.42. The third-order valence-corrected chi connectivity index (χ3v) is 5.11. The van der Waals surface area contributed by atoms with Crippen molar-refractivity contribution < 1.29 is 4.74 Å². The molecule has 4 aromatic rings. The van der Waals surface area contributed by atoms with Crippen LogP contribution < -0.4 is 15.4 Å². The first-order valence-electron chi connectivity index (χ1n) is 9.72.